The lowest BCUT2D eigenvalue weighted by Gasteiger charge is -2.19. The molecular weight excluding hydrogens is 338 g/mol. The zero-order chi connectivity index (χ0) is 14.8. The number of anilines is 1. The molecule has 0 aliphatic heterocycles. The van der Waals surface area contributed by atoms with Crippen molar-refractivity contribution < 1.29 is 4.42 Å². The van der Waals surface area contributed by atoms with Crippen molar-refractivity contribution in [3.63, 3.8) is 0 Å². The summed E-state index contributed by atoms with van der Waals surface area (Å²) in [4.78, 5) is 7.79. The van der Waals surface area contributed by atoms with Crippen LogP contribution in [0.3, 0.4) is 0 Å². The van der Waals surface area contributed by atoms with E-state index < -0.39 is 0 Å². The second-order valence-electron chi connectivity index (χ2n) is 5.81. The van der Waals surface area contributed by atoms with Gasteiger partial charge in [-0.05, 0) is 42.8 Å². The van der Waals surface area contributed by atoms with Gasteiger partial charge in [0.15, 0.2) is 0 Å². The molecule has 2 rings (SSSR count). The highest BCUT2D eigenvalue weighted by Gasteiger charge is 2.13. The maximum Gasteiger partial charge on any atom is 0.297 e. The number of rotatable bonds is 5. The molecule has 0 atom stereocenters. The van der Waals surface area contributed by atoms with Gasteiger partial charge in [0.25, 0.3) is 6.01 Å². The molecule has 0 aliphatic rings. The van der Waals surface area contributed by atoms with E-state index in [1.807, 2.05) is 11.9 Å². The molecule has 0 saturated heterocycles. The number of hydrogen-bond donors (Lipinski definition) is 1. The van der Waals surface area contributed by atoms with Crippen LogP contribution in [0.2, 0.25) is 0 Å². The molecule has 0 spiro atoms. The van der Waals surface area contributed by atoms with Gasteiger partial charge in [-0.25, -0.2) is 0 Å². The summed E-state index contributed by atoms with van der Waals surface area (Å²) < 4.78 is 6.66. The van der Waals surface area contributed by atoms with Crippen molar-refractivity contribution in [2.45, 2.75) is 39.4 Å². The minimum absolute atomic E-state index is 0.0776. The van der Waals surface area contributed by atoms with E-state index in [0.717, 1.165) is 16.7 Å². The summed E-state index contributed by atoms with van der Waals surface area (Å²) >= 11 is 5.19. The summed E-state index contributed by atoms with van der Waals surface area (Å²) in [5.41, 5.74) is 1.00. The van der Waals surface area contributed by atoms with Gasteiger partial charge in [0.1, 0.15) is 6.26 Å². The molecule has 0 radical (unpaired) electrons. The van der Waals surface area contributed by atoms with Gasteiger partial charge in [-0.15, -0.1) is 11.3 Å². The molecule has 0 saturated carbocycles. The molecule has 0 bridgehead atoms. The van der Waals surface area contributed by atoms with Gasteiger partial charge in [-0.2, -0.15) is 4.98 Å². The third-order valence-electron chi connectivity index (χ3n) is 2.68. The molecule has 20 heavy (non-hydrogen) atoms. The Labute approximate surface area is 132 Å². The number of oxazole rings is 1. The zero-order valence-corrected chi connectivity index (χ0v) is 14.6. The highest BCUT2D eigenvalue weighted by molar-refractivity contribution is 9.10. The molecule has 6 heteroatoms. The number of nitrogens with zero attached hydrogens (tertiary/aromatic N) is 2. The second kappa shape index (κ2) is 6.28. The third-order valence-corrected chi connectivity index (χ3v) is 4.36. The van der Waals surface area contributed by atoms with Crippen LogP contribution in [-0.4, -0.2) is 17.6 Å². The molecule has 2 aromatic heterocycles. The topological polar surface area (TPSA) is 41.3 Å². The SMILES string of the molecule is CN(Cc1cc(Br)cs1)c1nc(CNC(C)(C)C)co1. The molecule has 110 valence electrons. The van der Waals surface area contributed by atoms with Crippen LogP contribution >= 0.6 is 27.3 Å². The van der Waals surface area contributed by atoms with Crippen LogP contribution in [-0.2, 0) is 13.1 Å². The van der Waals surface area contributed by atoms with Crippen molar-refractivity contribution in [3.8, 4) is 0 Å². The van der Waals surface area contributed by atoms with Crippen LogP contribution in [0, 0.1) is 0 Å². The van der Waals surface area contributed by atoms with E-state index in [1.165, 1.54) is 4.88 Å². The summed E-state index contributed by atoms with van der Waals surface area (Å²) in [6.45, 7) is 7.91. The Morgan fingerprint density at radius 1 is 1.45 bits per heavy atom. The molecule has 0 aliphatic carbocycles. The third kappa shape index (κ3) is 4.61. The van der Waals surface area contributed by atoms with Crippen molar-refractivity contribution in [3.05, 3.63) is 32.8 Å². The van der Waals surface area contributed by atoms with E-state index in [1.54, 1.807) is 17.6 Å². The van der Waals surface area contributed by atoms with Crippen molar-refractivity contribution in [2.75, 3.05) is 11.9 Å². The van der Waals surface area contributed by atoms with Gasteiger partial charge in [0.05, 0.1) is 12.2 Å². The van der Waals surface area contributed by atoms with Gasteiger partial charge >= 0.3 is 0 Å². The minimum atomic E-state index is 0.0776. The smallest absolute Gasteiger partial charge is 0.297 e. The van der Waals surface area contributed by atoms with Gasteiger partial charge in [-0.1, -0.05) is 0 Å². The quantitative estimate of drug-likeness (QED) is 0.877. The molecule has 0 fully saturated rings. The first kappa shape index (κ1) is 15.5. The van der Waals surface area contributed by atoms with Crippen molar-refractivity contribution in [1.29, 1.82) is 0 Å². The Bertz CT molecular complexity index is 559. The molecule has 1 N–H and O–H groups in total. The zero-order valence-electron chi connectivity index (χ0n) is 12.2. The van der Waals surface area contributed by atoms with Crippen LogP contribution in [0.25, 0.3) is 0 Å². The summed E-state index contributed by atoms with van der Waals surface area (Å²) in [6.07, 6.45) is 1.72. The Morgan fingerprint density at radius 3 is 2.80 bits per heavy atom. The molecule has 2 aromatic rings. The molecule has 0 aromatic carbocycles. The van der Waals surface area contributed by atoms with Crippen LogP contribution in [0.4, 0.5) is 6.01 Å². The summed E-state index contributed by atoms with van der Waals surface area (Å²) in [5, 5.41) is 5.48. The minimum Gasteiger partial charge on any atom is -0.432 e. The van der Waals surface area contributed by atoms with E-state index >= 15 is 0 Å². The monoisotopic (exact) mass is 357 g/mol. The Balaban J connectivity index is 1.94. The molecular formula is C14H20BrN3OS. The van der Waals surface area contributed by atoms with E-state index in [2.05, 4.69) is 58.4 Å². The van der Waals surface area contributed by atoms with Crippen LogP contribution in [0.5, 0.6) is 0 Å². The lowest BCUT2D eigenvalue weighted by molar-refractivity contribution is 0.421. The van der Waals surface area contributed by atoms with Crippen molar-refractivity contribution in [2.24, 2.45) is 0 Å². The fourth-order valence-corrected chi connectivity index (χ4v) is 3.15. The predicted molar refractivity (Wildman–Crippen MR) is 87.2 cm³/mol. The highest BCUT2D eigenvalue weighted by atomic mass is 79.9. The second-order valence-corrected chi connectivity index (χ2v) is 7.72. The maximum atomic E-state index is 5.54. The number of nitrogens with one attached hydrogen (secondary N) is 1. The molecule has 4 nitrogen and oxygen atoms in total. The molecule has 0 unspecified atom stereocenters. The predicted octanol–water partition coefficient (Wildman–Crippen LogP) is 4.02. The van der Waals surface area contributed by atoms with E-state index in [-0.39, 0.29) is 5.54 Å². The lowest BCUT2D eigenvalue weighted by atomic mass is 10.1. The van der Waals surface area contributed by atoms with E-state index in [9.17, 15) is 0 Å². The molecule has 0 amide bonds. The van der Waals surface area contributed by atoms with E-state index in [0.29, 0.717) is 12.6 Å². The van der Waals surface area contributed by atoms with Crippen molar-refractivity contribution in [1.82, 2.24) is 10.3 Å². The Morgan fingerprint density at radius 2 is 2.20 bits per heavy atom. The summed E-state index contributed by atoms with van der Waals surface area (Å²) in [6, 6.07) is 2.77. The first-order chi connectivity index (χ1) is 9.33. The van der Waals surface area contributed by atoms with Crippen LogP contribution in [0.1, 0.15) is 31.3 Å². The lowest BCUT2D eigenvalue weighted by Crippen LogP contribution is -2.35. The first-order valence-corrected chi connectivity index (χ1v) is 8.14. The fraction of sp³-hybridized carbons (Fsp3) is 0.500. The number of hydrogen-bond acceptors (Lipinski definition) is 5. The number of aromatic nitrogens is 1. The largest absolute Gasteiger partial charge is 0.432 e. The average Bonchev–Trinajstić information content (AvgIpc) is 2.95. The average molecular weight is 358 g/mol. The standard InChI is InChI=1S/C14H20BrN3OS/c1-14(2,3)16-6-11-8-19-13(17-11)18(4)7-12-5-10(15)9-20-12/h5,8-9,16H,6-7H2,1-4H3. The van der Waals surface area contributed by atoms with Crippen LogP contribution in [0.15, 0.2) is 26.6 Å². The van der Waals surface area contributed by atoms with Gasteiger partial charge in [0.2, 0.25) is 0 Å². The van der Waals surface area contributed by atoms with E-state index in [4.69, 9.17) is 4.42 Å². The van der Waals surface area contributed by atoms with Crippen molar-refractivity contribution >= 4 is 33.3 Å². The molecule has 2 heterocycles. The summed E-state index contributed by atoms with van der Waals surface area (Å²) in [5.74, 6) is 0. The van der Waals surface area contributed by atoms with Gasteiger partial charge in [0, 0.05) is 33.9 Å². The maximum absolute atomic E-state index is 5.54. The Hall–Kier alpha value is -0.850. The normalized spacial score (nSPS) is 11.8. The number of halogens is 1. The fourth-order valence-electron chi connectivity index (χ4n) is 1.65. The number of thiophene rings is 1. The summed E-state index contributed by atoms with van der Waals surface area (Å²) in [7, 11) is 1.99. The van der Waals surface area contributed by atoms with Crippen LogP contribution < -0.4 is 10.2 Å². The van der Waals surface area contributed by atoms with Gasteiger partial charge < -0.3 is 14.6 Å². The van der Waals surface area contributed by atoms with Gasteiger partial charge in [-0.3, -0.25) is 0 Å². The first-order valence-electron chi connectivity index (χ1n) is 6.47. The Kier molecular flexibility index (Phi) is 4.88. The highest BCUT2D eigenvalue weighted by Crippen LogP contribution is 2.23.